The number of esters is 1. The van der Waals surface area contributed by atoms with Crippen LogP contribution >= 0.6 is 11.6 Å². The van der Waals surface area contributed by atoms with Gasteiger partial charge < -0.3 is 19.5 Å². The minimum Gasteiger partial charge on any atom is -0.495 e. The first-order valence-corrected chi connectivity index (χ1v) is 5.83. The second-order valence-corrected chi connectivity index (χ2v) is 3.98. The Balaban J connectivity index is 3.10. The molecular formula is C13H16ClNO4. The van der Waals surface area contributed by atoms with Crippen LogP contribution in [0.2, 0.25) is 5.02 Å². The van der Waals surface area contributed by atoms with E-state index < -0.39 is 12.0 Å². The lowest BCUT2D eigenvalue weighted by Gasteiger charge is -2.17. The number of carbonyl (C=O) groups excluding carboxylic acids is 1. The lowest BCUT2D eigenvalue weighted by molar-refractivity contribution is -0.140. The summed E-state index contributed by atoms with van der Waals surface area (Å²) >= 11 is 6.00. The predicted molar refractivity (Wildman–Crippen MR) is 74.2 cm³/mol. The van der Waals surface area contributed by atoms with Gasteiger partial charge in [-0.1, -0.05) is 17.7 Å². The number of halogens is 1. The maximum absolute atomic E-state index is 11.5. The van der Waals surface area contributed by atoms with E-state index in [1.165, 1.54) is 27.4 Å². The van der Waals surface area contributed by atoms with Crippen LogP contribution in [0.3, 0.4) is 0 Å². The Kier molecular flexibility index (Phi) is 5.51. The van der Waals surface area contributed by atoms with Crippen LogP contribution in [0.4, 0.5) is 5.69 Å². The number of carbonyl (C=O) groups is 1. The molecule has 6 heteroatoms. The molecule has 0 amide bonds. The van der Waals surface area contributed by atoms with E-state index in [0.29, 0.717) is 22.2 Å². The zero-order valence-electron chi connectivity index (χ0n) is 11.0. The van der Waals surface area contributed by atoms with E-state index in [-0.39, 0.29) is 0 Å². The lowest BCUT2D eigenvalue weighted by Crippen LogP contribution is -2.28. The van der Waals surface area contributed by atoms with Crippen molar-refractivity contribution < 1.29 is 19.0 Å². The van der Waals surface area contributed by atoms with Gasteiger partial charge in [0.25, 0.3) is 0 Å². The molecule has 0 aliphatic heterocycles. The number of benzene rings is 1. The van der Waals surface area contributed by atoms with Gasteiger partial charge in [-0.25, -0.2) is 4.79 Å². The van der Waals surface area contributed by atoms with Crippen LogP contribution in [0, 0.1) is 0 Å². The van der Waals surface area contributed by atoms with Crippen molar-refractivity contribution in [3.05, 3.63) is 29.8 Å². The fraction of sp³-hybridized carbons (Fsp3) is 0.308. The highest BCUT2D eigenvalue weighted by atomic mass is 35.5. The number of nitrogens with one attached hydrogen (secondary N) is 1. The van der Waals surface area contributed by atoms with Crippen LogP contribution in [-0.4, -0.2) is 33.3 Å². The molecule has 5 nitrogen and oxygen atoms in total. The van der Waals surface area contributed by atoms with Crippen LogP contribution in [0.15, 0.2) is 24.8 Å². The molecule has 0 heterocycles. The summed E-state index contributed by atoms with van der Waals surface area (Å²) < 4.78 is 15.0. The minimum atomic E-state index is -0.690. The summed E-state index contributed by atoms with van der Waals surface area (Å²) in [6.45, 7) is 3.58. The molecule has 1 N–H and O–H groups in total. The molecule has 0 saturated carbocycles. The normalized spacial score (nSPS) is 11.4. The SMILES string of the molecule is C=CC(Nc1cc(OC)c(Cl)cc1OC)C(=O)OC. The third-order valence-corrected chi connectivity index (χ3v) is 2.77. The summed E-state index contributed by atoms with van der Waals surface area (Å²) in [6.07, 6.45) is 1.44. The fourth-order valence-corrected chi connectivity index (χ4v) is 1.71. The van der Waals surface area contributed by atoms with E-state index in [1.807, 2.05) is 0 Å². The van der Waals surface area contributed by atoms with Gasteiger partial charge in [0.15, 0.2) is 0 Å². The molecule has 0 aromatic heterocycles. The van der Waals surface area contributed by atoms with E-state index in [0.717, 1.165) is 0 Å². The van der Waals surface area contributed by atoms with Gasteiger partial charge in [-0.05, 0) is 0 Å². The number of hydrogen-bond acceptors (Lipinski definition) is 5. The molecule has 0 saturated heterocycles. The Bertz CT molecular complexity index is 476. The molecule has 1 aromatic rings. The van der Waals surface area contributed by atoms with Gasteiger partial charge in [-0.3, -0.25) is 0 Å². The molecule has 1 unspecified atom stereocenters. The molecule has 0 aliphatic rings. The number of hydrogen-bond donors (Lipinski definition) is 1. The molecule has 0 spiro atoms. The zero-order valence-corrected chi connectivity index (χ0v) is 11.8. The van der Waals surface area contributed by atoms with Crippen molar-refractivity contribution in [2.45, 2.75) is 6.04 Å². The average molecular weight is 286 g/mol. The highest BCUT2D eigenvalue weighted by Crippen LogP contribution is 2.36. The average Bonchev–Trinajstić information content (AvgIpc) is 2.44. The van der Waals surface area contributed by atoms with E-state index in [9.17, 15) is 4.79 Å². The monoisotopic (exact) mass is 285 g/mol. The Labute approximate surface area is 117 Å². The van der Waals surface area contributed by atoms with Crippen molar-refractivity contribution in [1.29, 1.82) is 0 Å². The molecule has 1 rings (SSSR count). The summed E-state index contributed by atoms with van der Waals surface area (Å²) in [7, 11) is 4.31. The summed E-state index contributed by atoms with van der Waals surface area (Å²) in [5.74, 6) is 0.505. The van der Waals surface area contributed by atoms with Gasteiger partial charge >= 0.3 is 5.97 Å². The summed E-state index contributed by atoms with van der Waals surface area (Å²) in [4.78, 5) is 11.5. The van der Waals surface area contributed by atoms with Crippen LogP contribution in [0.1, 0.15) is 0 Å². The van der Waals surface area contributed by atoms with Gasteiger partial charge in [0.2, 0.25) is 0 Å². The first-order valence-electron chi connectivity index (χ1n) is 5.45. The third-order valence-electron chi connectivity index (χ3n) is 2.48. The number of methoxy groups -OCH3 is 3. The molecule has 0 fully saturated rings. The number of rotatable bonds is 6. The second-order valence-electron chi connectivity index (χ2n) is 3.57. The van der Waals surface area contributed by atoms with Crippen molar-refractivity contribution in [3.8, 4) is 11.5 Å². The van der Waals surface area contributed by atoms with Crippen molar-refractivity contribution in [3.63, 3.8) is 0 Å². The zero-order chi connectivity index (χ0) is 14.4. The molecule has 1 aromatic carbocycles. The van der Waals surface area contributed by atoms with E-state index in [4.69, 9.17) is 21.1 Å². The first kappa shape index (κ1) is 15.2. The highest BCUT2D eigenvalue weighted by molar-refractivity contribution is 6.32. The van der Waals surface area contributed by atoms with Gasteiger partial charge in [0, 0.05) is 12.1 Å². The first-order chi connectivity index (χ1) is 9.07. The smallest absolute Gasteiger partial charge is 0.332 e. The fourth-order valence-electron chi connectivity index (χ4n) is 1.48. The van der Waals surface area contributed by atoms with Crippen molar-refractivity contribution in [1.82, 2.24) is 0 Å². The quantitative estimate of drug-likeness (QED) is 0.643. The van der Waals surface area contributed by atoms with Crippen LogP contribution in [0.25, 0.3) is 0 Å². The Morgan fingerprint density at radius 2 is 1.95 bits per heavy atom. The maximum atomic E-state index is 11.5. The van der Waals surface area contributed by atoms with Gasteiger partial charge in [-0.15, -0.1) is 6.58 Å². The molecular weight excluding hydrogens is 270 g/mol. The summed E-state index contributed by atoms with van der Waals surface area (Å²) in [5, 5.41) is 3.36. The van der Waals surface area contributed by atoms with E-state index in [1.54, 1.807) is 12.1 Å². The Morgan fingerprint density at radius 3 is 2.42 bits per heavy atom. The number of ether oxygens (including phenoxy) is 3. The van der Waals surface area contributed by atoms with Crippen molar-refractivity contribution in [2.75, 3.05) is 26.6 Å². The van der Waals surface area contributed by atoms with E-state index >= 15 is 0 Å². The molecule has 0 bridgehead atoms. The molecule has 0 radical (unpaired) electrons. The third kappa shape index (κ3) is 3.54. The molecule has 104 valence electrons. The van der Waals surface area contributed by atoms with Crippen LogP contribution in [0.5, 0.6) is 11.5 Å². The van der Waals surface area contributed by atoms with E-state index in [2.05, 4.69) is 16.6 Å². The van der Waals surface area contributed by atoms with Crippen LogP contribution in [-0.2, 0) is 9.53 Å². The molecule has 1 atom stereocenters. The Morgan fingerprint density at radius 1 is 1.32 bits per heavy atom. The van der Waals surface area contributed by atoms with Crippen molar-refractivity contribution in [2.24, 2.45) is 0 Å². The van der Waals surface area contributed by atoms with Crippen molar-refractivity contribution >= 4 is 23.3 Å². The second kappa shape index (κ2) is 6.89. The summed E-state index contributed by atoms with van der Waals surface area (Å²) in [5.41, 5.74) is 0.555. The van der Waals surface area contributed by atoms with Gasteiger partial charge in [0.05, 0.1) is 32.0 Å². The largest absolute Gasteiger partial charge is 0.495 e. The Hall–Kier alpha value is -1.88. The predicted octanol–water partition coefficient (Wildman–Crippen LogP) is 2.50. The van der Waals surface area contributed by atoms with Gasteiger partial charge in [-0.2, -0.15) is 0 Å². The molecule has 0 aliphatic carbocycles. The topological polar surface area (TPSA) is 56.8 Å². The highest BCUT2D eigenvalue weighted by Gasteiger charge is 2.18. The number of anilines is 1. The standard InChI is InChI=1S/C13H16ClNO4/c1-5-9(13(16)19-4)15-10-7-11(17-2)8(14)6-12(10)18-3/h5-7,9,15H,1H2,2-4H3. The van der Waals surface area contributed by atoms with Crippen LogP contribution < -0.4 is 14.8 Å². The maximum Gasteiger partial charge on any atom is 0.332 e. The molecule has 19 heavy (non-hydrogen) atoms. The van der Waals surface area contributed by atoms with Gasteiger partial charge in [0.1, 0.15) is 17.5 Å². The summed E-state index contributed by atoms with van der Waals surface area (Å²) in [6, 6.07) is 2.55. The lowest BCUT2D eigenvalue weighted by atomic mass is 10.2. The minimum absolute atomic E-state index is 0.415.